The number of carbonyl (C=O) groups is 1. The number of hydrogen-bond donors (Lipinski definition) is 3. The van der Waals surface area contributed by atoms with Crippen LogP contribution in [-0.4, -0.2) is 44.2 Å². The van der Waals surface area contributed by atoms with Crippen LogP contribution in [0.1, 0.15) is 60.3 Å². The van der Waals surface area contributed by atoms with Crippen LogP contribution in [0.2, 0.25) is 0 Å². The summed E-state index contributed by atoms with van der Waals surface area (Å²) in [5.74, 6) is 1.69. The monoisotopic (exact) mass is 325 g/mol. The SMILES string of the molecule is CC[NH+](CC)CCC[NH2+]CC(=O)N[C@]1(C)[C@H]2CC[C@@H](C2)C1(C)C. The van der Waals surface area contributed by atoms with Crippen molar-refractivity contribution < 1.29 is 15.0 Å². The molecule has 2 saturated carbocycles. The van der Waals surface area contributed by atoms with Crippen LogP contribution in [0.15, 0.2) is 0 Å². The van der Waals surface area contributed by atoms with Crippen molar-refractivity contribution in [2.75, 3.05) is 32.7 Å². The van der Waals surface area contributed by atoms with Crippen molar-refractivity contribution >= 4 is 5.91 Å². The van der Waals surface area contributed by atoms with Crippen LogP contribution in [0.25, 0.3) is 0 Å². The van der Waals surface area contributed by atoms with Gasteiger partial charge in [-0.15, -0.1) is 0 Å². The summed E-state index contributed by atoms with van der Waals surface area (Å²) in [7, 11) is 0. The Morgan fingerprint density at radius 3 is 2.39 bits per heavy atom. The molecule has 2 rings (SSSR count). The van der Waals surface area contributed by atoms with Crippen LogP contribution in [0, 0.1) is 17.3 Å². The van der Waals surface area contributed by atoms with Gasteiger partial charge in [0.1, 0.15) is 0 Å². The van der Waals surface area contributed by atoms with Gasteiger partial charge in [-0.3, -0.25) is 4.79 Å². The Morgan fingerprint density at radius 2 is 1.83 bits per heavy atom. The standard InChI is InChI=1S/C19H37N3O/c1-6-22(7-2)12-8-11-20-14-17(23)21-19(5)16-10-9-15(13-16)18(19,3)4/h15-16,20H,6-14H2,1-5H3,(H,21,23)/p+2/t15-,16-,19+/m0/s1. The maximum atomic E-state index is 12.4. The van der Waals surface area contributed by atoms with E-state index in [4.69, 9.17) is 0 Å². The third kappa shape index (κ3) is 3.74. The Morgan fingerprint density at radius 1 is 1.17 bits per heavy atom. The molecule has 0 spiro atoms. The fourth-order valence-corrected chi connectivity index (χ4v) is 5.05. The third-order valence-corrected chi connectivity index (χ3v) is 7.28. The Bertz CT molecular complexity index is 405. The molecule has 0 aromatic heterocycles. The second-order valence-corrected chi connectivity index (χ2v) is 8.52. The van der Waals surface area contributed by atoms with E-state index in [1.807, 2.05) is 0 Å². The molecule has 0 unspecified atom stereocenters. The van der Waals surface area contributed by atoms with Gasteiger partial charge in [-0.05, 0) is 57.3 Å². The van der Waals surface area contributed by atoms with Gasteiger partial charge in [0.15, 0.2) is 6.54 Å². The smallest absolute Gasteiger partial charge is 0.275 e. The molecular weight excluding hydrogens is 286 g/mol. The molecule has 0 aromatic carbocycles. The van der Waals surface area contributed by atoms with Gasteiger partial charge in [-0.1, -0.05) is 13.8 Å². The summed E-state index contributed by atoms with van der Waals surface area (Å²) in [6.07, 6.45) is 5.14. The highest BCUT2D eigenvalue weighted by molar-refractivity contribution is 5.77. The number of nitrogens with one attached hydrogen (secondary N) is 2. The molecule has 4 N–H and O–H groups in total. The molecule has 134 valence electrons. The van der Waals surface area contributed by atoms with Crippen LogP contribution in [0.3, 0.4) is 0 Å². The van der Waals surface area contributed by atoms with E-state index in [-0.39, 0.29) is 16.9 Å². The van der Waals surface area contributed by atoms with Gasteiger partial charge in [-0.25, -0.2) is 0 Å². The highest BCUT2D eigenvalue weighted by Gasteiger charge is 2.60. The van der Waals surface area contributed by atoms with Crippen molar-refractivity contribution in [3.63, 3.8) is 0 Å². The lowest BCUT2D eigenvalue weighted by atomic mass is 9.64. The Kier molecular flexibility index (Phi) is 6.12. The summed E-state index contributed by atoms with van der Waals surface area (Å²) in [5, 5.41) is 5.61. The molecule has 23 heavy (non-hydrogen) atoms. The number of rotatable bonds is 9. The Labute approximate surface area is 142 Å². The lowest BCUT2D eigenvalue weighted by molar-refractivity contribution is -0.898. The second kappa shape index (κ2) is 7.52. The van der Waals surface area contributed by atoms with Crippen molar-refractivity contribution in [3.05, 3.63) is 0 Å². The van der Waals surface area contributed by atoms with Crippen LogP contribution in [0.4, 0.5) is 0 Å². The van der Waals surface area contributed by atoms with E-state index < -0.39 is 0 Å². The number of amides is 1. The molecule has 0 radical (unpaired) electrons. The first-order chi connectivity index (χ1) is 10.8. The molecule has 2 aliphatic rings. The fraction of sp³-hybridized carbons (Fsp3) is 0.947. The normalized spacial score (nSPS) is 31.7. The first-order valence-electron chi connectivity index (χ1n) is 9.81. The van der Waals surface area contributed by atoms with Crippen molar-refractivity contribution in [1.82, 2.24) is 5.32 Å². The minimum absolute atomic E-state index is 0.00773. The average molecular weight is 326 g/mol. The Hall–Kier alpha value is -0.610. The number of hydrogen-bond acceptors (Lipinski definition) is 1. The molecule has 0 heterocycles. The molecule has 0 saturated heterocycles. The number of carbonyl (C=O) groups excluding carboxylic acids is 1. The largest absolute Gasteiger partial charge is 0.345 e. The van der Waals surface area contributed by atoms with E-state index in [0.29, 0.717) is 12.5 Å². The molecule has 1 amide bonds. The molecular formula is C19H39N3O+2. The lowest BCUT2D eigenvalue weighted by Crippen LogP contribution is -3.11. The van der Waals surface area contributed by atoms with Gasteiger partial charge in [0.2, 0.25) is 0 Å². The number of quaternary nitrogens is 2. The molecule has 4 nitrogen and oxygen atoms in total. The molecule has 2 fully saturated rings. The van der Waals surface area contributed by atoms with E-state index in [0.717, 1.165) is 12.5 Å². The Balaban J connectivity index is 1.71. The second-order valence-electron chi connectivity index (χ2n) is 8.52. The van der Waals surface area contributed by atoms with E-state index >= 15 is 0 Å². The van der Waals surface area contributed by atoms with Crippen molar-refractivity contribution in [1.29, 1.82) is 0 Å². The topological polar surface area (TPSA) is 50.2 Å². The van der Waals surface area contributed by atoms with Gasteiger partial charge >= 0.3 is 0 Å². The van der Waals surface area contributed by atoms with Gasteiger partial charge in [-0.2, -0.15) is 0 Å². The molecule has 2 aliphatic carbocycles. The van der Waals surface area contributed by atoms with Crippen molar-refractivity contribution in [3.8, 4) is 0 Å². The zero-order valence-corrected chi connectivity index (χ0v) is 16.0. The van der Waals surface area contributed by atoms with Crippen molar-refractivity contribution in [2.24, 2.45) is 17.3 Å². The maximum Gasteiger partial charge on any atom is 0.275 e. The zero-order chi connectivity index (χ0) is 17.1. The minimum Gasteiger partial charge on any atom is -0.345 e. The zero-order valence-electron chi connectivity index (χ0n) is 16.0. The van der Waals surface area contributed by atoms with Crippen LogP contribution < -0.4 is 15.5 Å². The van der Waals surface area contributed by atoms with Crippen molar-refractivity contribution in [2.45, 2.75) is 65.8 Å². The first kappa shape index (κ1) is 18.7. The lowest BCUT2D eigenvalue weighted by Gasteiger charge is -2.48. The maximum absolute atomic E-state index is 12.4. The molecule has 2 bridgehead atoms. The number of fused-ring (bicyclic) bond motifs is 2. The summed E-state index contributed by atoms with van der Waals surface area (Å²) in [4.78, 5) is 14.1. The van der Waals surface area contributed by atoms with E-state index in [1.54, 1.807) is 4.90 Å². The average Bonchev–Trinajstić information content (AvgIpc) is 3.06. The summed E-state index contributed by atoms with van der Waals surface area (Å²) >= 11 is 0. The molecule has 4 heteroatoms. The van der Waals surface area contributed by atoms with E-state index in [1.165, 1.54) is 45.3 Å². The van der Waals surface area contributed by atoms with Crippen LogP contribution in [-0.2, 0) is 4.79 Å². The summed E-state index contributed by atoms with van der Waals surface area (Å²) in [6.45, 7) is 16.8. The van der Waals surface area contributed by atoms with Gasteiger partial charge in [0.05, 0.1) is 26.2 Å². The first-order valence-corrected chi connectivity index (χ1v) is 9.81. The highest BCUT2D eigenvalue weighted by Crippen LogP contribution is 2.61. The third-order valence-electron chi connectivity index (χ3n) is 7.28. The predicted octanol–water partition coefficient (Wildman–Crippen LogP) is 0.196. The summed E-state index contributed by atoms with van der Waals surface area (Å²) < 4.78 is 0. The molecule has 0 aromatic rings. The highest BCUT2D eigenvalue weighted by atomic mass is 16.2. The molecule has 0 aliphatic heterocycles. The summed E-state index contributed by atoms with van der Waals surface area (Å²) in [6, 6.07) is 0. The van der Waals surface area contributed by atoms with E-state index in [2.05, 4.69) is 45.3 Å². The van der Waals surface area contributed by atoms with Crippen LogP contribution >= 0.6 is 0 Å². The minimum atomic E-state index is -0.00773. The number of nitrogens with two attached hydrogens (primary N) is 1. The van der Waals surface area contributed by atoms with Gasteiger partial charge in [0.25, 0.3) is 5.91 Å². The van der Waals surface area contributed by atoms with E-state index in [9.17, 15) is 4.79 Å². The molecule has 3 atom stereocenters. The fourth-order valence-electron chi connectivity index (χ4n) is 5.05. The summed E-state index contributed by atoms with van der Waals surface area (Å²) in [5.41, 5.74) is 0.226. The quantitative estimate of drug-likeness (QED) is 0.521. The predicted molar refractivity (Wildman–Crippen MR) is 94.3 cm³/mol. The van der Waals surface area contributed by atoms with Gasteiger partial charge < -0.3 is 15.5 Å². The van der Waals surface area contributed by atoms with Crippen LogP contribution in [0.5, 0.6) is 0 Å². The van der Waals surface area contributed by atoms with Gasteiger partial charge in [0, 0.05) is 12.0 Å².